The molecule has 0 radical (unpaired) electrons. The summed E-state index contributed by atoms with van der Waals surface area (Å²) in [6.07, 6.45) is 7.31. The third kappa shape index (κ3) is 8.05. The highest BCUT2D eigenvalue weighted by Gasteiger charge is 2.21. The number of hydrogen-bond acceptors (Lipinski definition) is 4. The van der Waals surface area contributed by atoms with Gasteiger partial charge in [0, 0.05) is 12.6 Å². The lowest BCUT2D eigenvalue weighted by Gasteiger charge is -2.27. The number of carbonyl (C=O) groups is 2. The first-order valence-electron chi connectivity index (χ1n) is 8.12. The van der Waals surface area contributed by atoms with Gasteiger partial charge >= 0.3 is 12.1 Å². The Labute approximate surface area is 133 Å². The monoisotopic (exact) mass is 311 g/mol. The molecule has 0 aromatic heterocycles. The zero-order valence-electron chi connectivity index (χ0n) is 14.2. The van der Waals surface area contributed by atoms with Crippen molar-refractivity contribution >= 4 is 12.1 Å². The van der Waals surface area contributed by atoms with Gasteiger partial charge in [0.2, 0.25) is 0 Å². The van der Waals surface area contributed by atoms with Crippen molar-refractivity contribution in [3.63, 3.8) is 0 Å². The molecule has 0 saturated heterocycles. The van der Waals surface area contributed by atoms with E-state index < -0.39 is 5.60 Å². The smallest absolute Gasteiger partial charge is 0.407 e. The molecule has 1 N–H and O–H groups in total. The maximum Gasteiger partial charge on any atom is 0.407 e. The van der Waals surface area contributed by atoms with Gasteiger partial charge in [-0.25, -0.2) is 9.59 Å². The summed E-state index contributed by atoms with van der Waals surface area (Å²) in [7, 11) is 0. The Morgan fingerprint density at radius 1 is 1.18 bits per heavy atom. The van der Waals surface area contributed by atoms with Crippen molar-refractivity contribution in [2.24, 2.45) is 11.8 Å². The summed E-state index contributed by atoms with van der Waals surface area (Å²) in [6.45, 7) is 8.43. The van der Waals surface area contributed by atoms with Crippen LogP contribution < -0.4 is 5.32 Å². The van der Waals surface area contributed by atoms with Crippen LogP contribution in [-0.4, -0.2) is 30.8 Å². The van der Waals surface area contributed by atoms with Crippen molar-refractivity contribution in [1.29, 1.82) is 0 Å². The van der Waals surface area contributed by atoms with E-state index in [1.165, 1.54) is 6.08 Å². The molecule has 5 heteroatoms. The highest BCUT2D eigenvalue weighted by molar-refractivity contribution is 5.81. The van der Waals surface area contributed by atoms with E-state index in [4.69, 9.17) is 9.47 Å². The van der Waals surface area contributed by atoms with Crippen LogP contribution in [0.4, 0.5) is 4.79 Å². The number of rotatable bonds is 5. The fourth-order valence-electron chi connectivity index (χ4n) is 2.53. The van der Waals surface area contributed by atoms with Crippen molar-refractivity contribution in [3.8, 4) is 0 Å². The second kappa shape index (κ2) is 8.81. The van der Waals surface area contributed by atoms with Gasteiger partial charge in [0.25, 0.3) is 0 Å². The molecule has 126 valence electrons. The second-order valence-electron chi connectivity index (χ2n) is 6.77. The van der Waals surface area contributed by atoms with E-state index in [1.807, 2.05) is 26.8 Å². The molecule has 1 rings (SSSR count). The summed E-state index contributed by atoms with van der Waals surface area (Å²) in [5.74, 6) is 0.651. The number of allylic oxidation sites excluding steroid dienone is 1. The standard InChI is InChI=1S/C17H29NO4/c1-5-21-15(19)11-10-13-6-8-14(9-7-13)12-18-16(20)22-17(2,3)4/h10-11,13-14H,5-9,12H2,1-4H3,(H,18,20)/b11-10+. The third-order valence-electron chi connectivity index (χ3n) is 3.62. The minimum absolute atomic E-state index is 0.267. The van der Waals surface area contributed by atoms with Crippen LogP contribution in [0.2, 0.25) is 0 Å². The minimum Gasteiger partial charge on any atom is -0.463 e. The SMILES string of the molecule is CCOC(=O)/C=C/C1CCC(CNC(=O)OC(C)(C)C)CC1. The minimum atomic E-state index is -0.459. The summed E-state index contributed by atoms with van der Waals surface area (Å²) < 4.78 is 10.1. The summed E-state index contributed by atoms with van der Waals surface area (Å²) in [5, 5.41) is 2.84. The Morgan fingerprint density at radius 3 is 2.36 bits per heavy atom. The van der Waals surface area contributed by atoms with E-state index in [-0.39, 0.29) is 12.1 Å². The molecule has 22 heavy (non-hydrogen) atoms. The van der Waals surface area contributed by atoms with Crippen molar-refractivity contribution in [2.45, 2.75) is 59.0 Å². The molecule has 0 aliphatic heterocycles. The number of hydrogen-bond donors (Lipinski definition) is 1. The van der Waals surface area contributed by atoms with E-state index in [2.05, 4.69) is 5.32 Å². The zero-order valence-corrected chi connectivity index (χ0v) is 14.2. The fourth-order valence-corrected chi connectivity index (χ4v) is 2.53. The molecule has 1 aliphatic carbocycles. The number of carbonyl (C=O) groups excluding carboxylic acids is 2. The first-order valence-corrected chi connectivity index (χ1v) is 8.12. The predicted molar refractivity (Wildman–Crippen MR) is 85.5 cm³/mol. The third-order valence-corrected chi connectivity index (χ3v) is 3.62. The van der Waals surface area contributed by atoms with Gasteiger partial charge in [-0.2, -0.15) is 0 Å². The van der Waals surface area contributed by atoms with Gasteiger partial charge < -0.3 is 14.8 Å². The lowest BCUT2D eigenvalue weighted by atomic mass is 9.82. The van der Waals surface area contributed by atoms with E-state index in [0.29, 0.717) is 25.0 Å². The Hall–Kier alpha value is -1.52. The van der Waals surface area contributed by atoms with Crippen LogP contribution in [0.1, 0.15) is 53.4 Å². The highest BCUT2D eigenvalue weighted by Crippen LogP contribution is 2.29. The van der Waals surface area contributed by atoms with Gasteiger partial charge in [-0.3, -0.25) is 0 Å². The average Bonchev–Trinajstić information content (AvgIpc) is 2.42. The maximum absolute atomic E-state index is 11.6. The zero-order chi connectivity index (χ0) is 16.6. The molecule has 1 saturated carbocycles. The first-order chi connectivity index (χ1) is 10.3. The molecule has 1 aliphatic rings. The Bertz CT molecular complexity index is 390. The van der Waals surface area contributed by atoms with E-state index in [9.17, 15) is 9.59 Å². The quantitative estimate of drug-likeness (QED) is 0.624. The Morgan fingerprint density at radius 2 is 1.82 bits per heavy atom. The summed E-state index contributed by atoms with van der Waals surface area (Å²) in [6, 6.07) is 0. The molecule has 0 aromatic carbocycles. The number of nitrogens with one attached hydrogen (secondary N) is 1. The van der Waals surface area contributed by atoms with Crippen molar-refractivity contribution in [3.05, 3.63) is 12.2 Å². The van der Waals surface area contributed by atoms with Crippen LogP contribution in [0, 0.1) is 11.8 Å². The summed E-state index contributed by atoms with van der Waals surface area (Å²) in [5.41, 5.74) is -0.459. The molecule has 0 atom stereocenters. The number of alkyl carbamates (subject to hydrolysis) is 1. The summed E-state index contributed by atoms with van der Waals surface area (Å²) >= 11 is 0. The highest BCUT2D eigenvalue weighted by atomic mass is 16.6. The van der Waals surface area contributed by atoms with E-state index in [0.717, 1.165) is 25.7 Å². The van der Waals surface area contributed by atoms with E-state index >= 15 is 0 Å². The number of ether oxygens (including phenoxy) is 2. The van der Waals surface area contributed by atoms with Gasteiger partial charge in [-0.15, -0.1) is 0 Å². The average molecular weight is 311 g/mol. The topological polar surface area (TPSA) is 64.6 Å². The van der Waals surface area contributed by atoms with Crippen molar-refractivity contribution in [1.82, 2.24) is 5.32 Å². The largest absolute Gasteiger partial charge is 0.463 e. The molecule has 0 heterocycles. The van der Waals surface area contributed by atoms with Crippen LogP contribution in [0.3, 0.4) is 0 Å². The van der Waals surface area contributed by atoms with Crippen LogP contribution in [-0.2, 0) is 14.3 Å². The molecule has 0 spiro atoms. The van der Waals surface area contributed by atoms with Gasteiger partial charge in [-0.05, 0) is 65.2 Å². The normalized spacial score (nSPS) is 22.4. The van der Waals surface area contributed by atoms with Crippen LogP contribution >= 0.6 is 0 Å². The number of esters is 1. The van der Waals surface area contributed by atoms with Crippen LogP contribution in [0.15, 0.2) is 12.2 Å². The lowest BCUT2D eigenvalue weighted by molar-refractivity contribution is -0.137. The summed E-state index contributed by atoms with van der Waals surface area (Å²) in [4.78, 5) is 22.9. The second-order valence-corrected chi connectivity index (χ2v) is 6.77. The van der Waals surface area contributed by atoms with Gasteiger partial charge in [-0.1, -0.05) is 6.08 Å². The Kier molecular flexibility index (Phi) is 7.42. The molecule has 5 nitrogen and oxygen atoms in total. The molecule has 1 amide bonds. The van der Waals surface area contributed by atoms with Gasteiger partial charge in [0.1, 0.15) is 5.60 Å². The van der Waals surface area contributed by atoms with Crippen molar-refractivity contribution in [2.75, 3.05) is 13.2 Å². The fraction of sp³-hybridized carbons (Fsp3) is 0.765. The molecular formula is C17H29NO4. The number of amides is 1. The molecular weight excluding hydrogens is 282 g/mol. The van der Waals surface area contributed by atoms with Gasteiger partial charge in [0.05, 0.1) is 6.61 Å². The van der Waals surface area contributed by atoms with Crippen LogP contribution in [0.5, 0.6) is 0 Å². The Balaban J connectivity index is 2.23. The first kappa shape index (κ1) is 18.5. The lowest BCUT2D eigenvalue weighted by Crippen LogP contribution is -2.36. The maximum atomic E-state index is 11.6. The van der Waals surface area contributed by atoms with E-state index in [1.54, 1.807) is 6.92 Å². The molecule has 0 bridgehead atoms. The molecule has 1 fully saturated rings. The molecule has 0 unspecified atom stereocenters. The molecule has 0 aromatic rings. The van der Waals surface area contributed by atoms with Crippen LogP contribution in [0.25, 0.3) is 0 Å². The predicted octanol–water partition coefficient (Wildman–Crippen LogP) is 3.44. The van der Waals surface area contributed by atoms with Gasteiger partial charge in [0.15, 0.2) is 0 Å². The van der Waals surface area contributed by atoms with Crippen molar-refractivity contribution < 1.29 is 19.1 Å².